The Hall–Kier alpha value is -2.67. The maximum absolute atomic E-state index is 4.49. The lowest BCUT2D eigenvalue weighted by Gasteiger charge is -2.36. The minimum atomic E-state index is 0.818. The zero-order chi connectivity index (χ0) is 19.9. The molecular formula is C22H31N7. The second kappa shape index (κ2) is 9.69. The Morgan fingerprint density at radius 1 is 1.00 bits per heavy atom. The monoisotopic (exact) mass is 393 g/mol. The highest BCUT2D eigenvalue weighted by atomic mass is 15.4. The highest BCUT2D eigenvalue weighted by Gasteiger charge is 2.21. The first-order valence-electron chi connectivity index (χ1n) is 10.6. The van der Waals surface area contributed by atoms with E-state index in [4.69, 9.17) is 0 Å². The van der Waals surface area contributed by atoms with Crippen LogP contribution < -0.4 is 10.2 Å². The van der Waals surface area contributed by atoms with E-state index in [1.54, 1.807) is 12.4 Å². The summed E-state index contributed by atoms with van der Waals surface area (Å²) in [6.45, 7) is 8.01. The molecule has 2 aliphatic rings. The number of aromatic nitrogens is 2. The van der Waals surface area contributed by atoms with Crippen molar-refractivity contribution in [2.24, 2.45) is 4.99 Å². The zero-order valence-electron chi connectivity index (χ0n) is 17.3. The Labute approximate surface area is 173 Å². The van der Waals surface area contributed by atoms with Crippen LogP contribution in [0.1, 0.15) is 17.5 Å². The summed E-state index contributed by atoms with van der Waals surface area (Å²) in [5.74, 6) is 1.82. The summed E-state index contributed by atoms with van der Waals surface area (Å²) in [4.78, 5) is 20.3. The quantitative estimate of drug-likeness (QED) is 0.473. The maximum atomic E-state index is 4.49. The molecule has 1 fully saturated rings. The highest BCUT2D eigenvalue weighted by molar-refractivity contribution is 5.80. The van der Waals surface area contributed by atoms with Crippen molar-refractivity contribution >= 4 is 11.9 Å². The lowest BCUT2D eigenvalue weighted by molar-refractivity contribution is 0.251. The smallest absolute Gasteiger partial charge is 0.225 e. The fourth-order valence-corrected chi connectivity index (χ4v) is 4.15. The molecular weight excluding hydrogens is 362 g/mol. The van der Waals surface area contributed by atoms with E-state index in [2.05, 4.69) is 59.2 Å². The number of piperazine rings is 1. The van der Waals surface area contributed by atoms with Crippen molar-refractivity contribution in [2.45, 2.75) is 19.4 Å². The average molecular weight is 394 g/mol. The molecule has 0 saturated carbocycles. The van der Waals surface area contributed by atoms with Gasteiger partial charge in [0, 0.05) is 71.8 Å². The van der Waals surface area contributed by atoms with Crippen LogP contribution in [0.5, 0.6) is 0 Å². The molecule has 7 heteroatoms. The lowest BCUT2D eigenvalue weighted by Crippen LogP contribution is -2.53. The number of hydrogen-bond donors (Lipinski definition) is 1. The molecule has 0 aliphatic carbocycles. The first-order chi connectivity index (χ1) is 14.3. The van der Waals surface area contributed by atoms with Gasteiger partial charge in [0.1, 0.15) is 0 Å². The SMILES string of the molecule is CN=C(NCCCN1CCc2ccccc2C1)N1CCN(c2ncccn2)CC1. The van der Waals surface area contributed by atoms with Crippen molar-refractivity contribution in [3.63, 3.8) is 0 Å². The number of nitrogens with one attached hydrogen (secondary N) is 1. The second-order valence-electron chi connectivity index (χ2n) is 7.65. The zero-order valence-corrected chi connectivity index (χ0v) is 17.3. The molecule has 29 heavy (non-hydrogen) atoms. The summed E-state index contributed by atoms with van der Waals surface area (Å²) in [5.41, 5.74) is 3.00. The molecule has 1 saturated heterocycles. The van der Waals surface area contributed by atoms with Crippen LogP contribution in [-0.4, -0.2) is 78.6 Å². The molecule has 7 nitrogen and oxygen atoms in total. The number of rotatable bonds is 5. The van der Waals surface area contributed by atoms with Crippen LogP contribution in [0.2, 0.25) is 0 Å². The van der Waals surface area contributed by atoms with Crippen LogP contribution in [-0.2, 0) is 13.0 Å². The standard InChI is InChI=1S/C22H31N7/c1-23-21(28-14-16-29(17-15-28)22-25-9-4-10-26-22)24-11-5-12-27-13-8-19-6-2-3-7-20(19)18-27/h2-4,6-7,9-10H,5,8,11-18H2,1H3,(H,23,24). The molecule has 2 aliphatic heterocycles. The molecule has 0 spiro atoms. The van der Waals surface area contributed by atoms with E-state index in [0.717, 1.165) is 70.7 Å². The Morgan fingerprint density at radius 3 is 2.52 bits per heavy atom. The minimum Gasteiger partial charge on any atom is -0.356 e. The molecule has 3 heterocycles. The summed E-state index contributed by atoms with van der Waals surface area (Å²) in [6, 6.07) is 10.7. The van der Waals surface area contributed by atoms with Crippen LogP contribution in [0.3, 0.4) is 0 Å². The number of benzene rings is 1. The average Bonchev–Trinajstić information content (AvgIpc) is 2.80. The first kappa shape index (κ1) is 19.6. The Bertz CT molecular complexity index is 800. The Balaban J connectivity index is 1.18. The van der Waals surface area contributed by atoms with Gasteiger partial charge in [-0.25, -0.2) is 9.97 Å². The maximum Gasteiger partial charge on any atom is 0.225 e. The van der Waals surface area contributed by atoms with Gasteiger partial charge in [-0.05, 0) is 30.0 Å². The van der Waals surface area contributed by atoms with Crippen molar-refractivity contribution in [1.82, 2.24) is 25.1 Å². The molecule has 1 N–H and O–H groups in total. The van der Waals surface area contributed by atoms with E-state index in [0.29, 0.717) is 0 Å². The number of fused-ring (bicyclic) bond motifs is 1. The molecule has 2 aromatic rings. The number of aliphatic imine (C=N–C) groups is 1. The molecule has 0 bridgehead atoms. The van der Waals surface area contributed by atoms with Crippen molar-refractivity contribution < 1.29 is 0 Å². The van der Waals surface area contributed by atoms with E-state index in [9.17, 15) is 0 Å². The minimum absolute atomic E-state index is 0.818. The van der Waals surface area contributed by atoms with Gasteiger partial charge in [-0.2, -0.15) is 0 Å². The van der Waals surface area contributed by atoms with Crippen LogP contribution >= 0.6 is 0 Å². The summed E-state index contributed by atoms with van der Waals surface area (Å²) < 4.78 is 0. The molecule has 1 aromatic carbocycles. The number of hydrogen-bond acceptors (Lipinski definition) is 5. The van der Waals surface area contributed by atoms with Gasteiger partial charge in [-0.15, -0.1) is 0 Å². The van der Waals surface area contributed by atoms with Crippen molar-refractivity contribution in [3.8, 4) is 0 Å². The Morgan fingerprint density at radius 2 is 1.76 bits per heavy atom. The molecule has 0 atom stereocenters. The van der Waals surface area contributed by atoms with Crippen LogP contribution in [0.4, 0.5) is 5.95 Å². The molecule has 0 unspecified atom stereocenters. The van der Waals surface area contributed by atoms with Crippen molar-refractivity contribution in [1.29, 1.82) is 0 Å². The van der Waals surface area contributed by atoms with Crippen molar-refractivity contribution in [3.05, 3.63) is 53.9 Å². The van der Waals surface area contributed by atoms with Gasteiger partial charge < -0.3 is 15.1 Å². The fraction of sp³-hybridized carbons (Fsp3) is 0.500. The number of nitrogens with zero attached hydrogens (tertiary/aromatic N) is 6. The summed E-state index contributed by atoms with van der Waals surface area (Å²) in [7, 11) is 1.87. The number of guanidine groups is 1. The van der Waals surface area contributed by atoms with Crippen LogP contribution in [0.25, 0.3) is 0 Å². The van der Waals surface area contributed by atoms with E-state index in [-0.39, 0.29) is 0 Å². The molecule has 4 rings (SSSR count). The first-order valence-corrected chi connectivity index (χ1v) is 10.6. The van der Waals surface area contributed by atoms with E-state index in [1.807, 2.05) is 13.1 Å². The second-order valence-corrected chi connectivity index (χ2v) is 7.65. The van der Waals surface area contributed by atoms with Gasteiger partial charge in [0.15, 0.2) is 5.96 Å². The van der Waals surface area contributed by atoms with Gasteiger partial charge in [-0.3, -0.25) is 9.89 Å². The Kier molecular flexibility index (Phi) is 6.56. The normalized spacial score (nSPS) is 17.9. The van der Waals surface area contributed by atoms with E-state index < -0.39 is 0 Å². The van der Waals surface area contributed by atoms with Gasteiger partial charge in [0.05, 0.1) is 0 Å². The molecule has 0 amide bonds. The predicted octanol–water partition coefficient (Wildman–Crippen LogP) is 1.62. The van der Waals surface area contributed by atoms with E-state index >= 15 is 0 Å². The topological polar surface area (TPSA) is 59.9 Å². The van der Waals surface area contributed by atoms with Gasteiger partial charge in [0.2, 0.25) is 5.95 Å². The predicted molar refractivity (Wildman–Crippen MR) is 117 cm³/mol. The van der Waals surface area contributed by atoms with Crippen LogP contribution in [0, 0.1) is 0 Å². The van der Waals surface area contributed by atoms with E-state index in [1.165, 1.54) is 17.5 Å². The summed E-state index contributed by atoms with van der Waals surface area (Å²) >= 11 is 0. The van der Waals surface area contributed by atoms with Gasteiger partial charge in [0.25, 0.3) is 0 Å². The fourth-order valence-electron chi connectivity index (χ4n) is 4.15. The third kappa shape index (κ3) is 5.03. The largest absolute Gasteiger partial charge is 0.356 e. The summed E-state index contributed by atoms with van der Waals surface area (Å²) in [6.07, 6.45) is 5.89. The third-order valence-electron chi connectivity index (χ3n) is 5.77. The third-order valence-corrected chi connectivity index (χ3v) is 5.77. The van der Waals surface area contributed by atoms with Gasteiger partial charge in [-0.1, -0.05) is 24.3 Å². The molecule has 1 aromatic heterocycles. The summed E-state index contributed by atoms with van der Waals surface area (Å²) in [5, 5.41) is 3.55. The molecule has 154 valence electrons. The number of anilines is 1. The molecule has 0 radical (unpaired) electrons. The van der Waals surface area contributed by atoms with Crippen molar-refractivity contribution in [2.75, 3.05) is 57.8 Å². The van der Waals surface area contributed by atoms with Crippen LogP contribution in [0.15, 0.2) is 47.7 Å². The van der Waals surface area contributed by atoms with Gasteiger partial charge >= 0.3 is 0 Å². The highest BCUT2D eigenvalue weighted by Crippen LogP contribution is 2.18. The lowest BCUT2D eigenvalue weighted by atomic mass is 10.00.